The summed E-state index contributed by atoms with van der Waals surface area (Å²) in [5.41, 5.74) is 2.52. The lowest BCUT2D eigenvalue weighted by Crippen LogP contribution is -2.37. The molecule has 2 atom stereocenters. The van der Waals surface area contributed by atoms with Gasteiger partial charge >= 0.3 is 6.09 Å². The number of carbonyl (C=O) groups is 3. The molecule has 2 aliphatic heterocycles. The second-order valence-electron chi connectivity index (χ2n) is 14.1. The molecule has 2 aromatic carbocycles. The molecular weight excluding hydrogens is 637 g/mol. The largest absolute Gasteiger partial charge is 0.450 e. The number of amides is 3. The summed E-state index contributed by atoms with van der Waals surface area (Å²) in [6, 6.07) is 16.1. The number of ether oxygens (including phenoxy) is 1. The van der Waals surface area contributed by atoms with E-state index >= 15 is 0 Å². The average molecular weight is 679 g/mol. The molecule has 12 heteroatoms. The van der Waals surface area contributed by atoms with E-state index in [2.05, 4.69) is 48.4 Å². The fourth-order valence-electron chi connectivity index (χ4n) is 7.86. The van der Waals surface area contributed by atoms with Gasteiger partial charge in [0.15, 0.2) is 0 Å². The second-order valence-corrected chi connectivity index (χ2v) is 17.1. The van der Waals surface area contributed by atoms with Crippen LogP contribution in [0.4, 0.5) is 9.80 Å². The van der Waals surface area contributed by atoms with E-state index in [1.165, 1.54) is 41.2 Å². The Labute approximate surface area is 280 Å². The van der Waals surface area contributed by atoms with Crippen molar-refractivity contribution in [1.82, 2.24) is 14.5 Å². The highest BCUT2D eigenvalue weighted by Gasteiger charge is 2.53. The lowest BCUT2D eigenvalue weighted by atomic mass is 9.65. The summed E-state index contributed by atoms with van der Waals surface area (Å²) in [5, 5.41) is 5.50. The van der Waals surface area contributed by atoms with Gasteiger partial charge in [-0.1, -0.05) is 51.1 Å². The van der Waals surface area contributed by atoms with Crippen LogP contribution >= 0.6 is 11.3 Å². The highest BCUT2D eigenvalue weighted by atomic mass is 32.2. The summed E-state index contributed by atoms with van der Waals surface area (Å²) < 4.78 is 34.1. The van der Waals surface area contributed by atoms with Crippen LogP contribution in [0.5, 0.6) is 0 Å². The molecule has 2 bridgehead atoms. The van der Waals surface area contributed by atoms with Crippen LogP contribution in [0, 0.1) is 10.8 Å². The summed E-state index contributed by atoms with van der Waals surface area (Å²) >= 11 is 1.31. The lowest BCUT2D eigenvalue weighted by Gasteiger charge is -2.39. The maximum absolute atomic E-state index is 13.8. The molecule has 1 saturated heterocycles. The van der Waals surface area contributed by atoms with Gasteiger partial charge in [-0.3, -0.25) is 19.8 Å². The van der Waals surface area contributed by atoms with E-state index < -0.39 is 27.9 Å². The normalized spacial score (nSPS) is 22.3. The fraction of sp³-hybridized carbons (Fsp3) is 0.457. The number of benzene rings is 2. The molecule has 2 N–H and O–H groups in total. The first-order chi connectivity index (χ1) is 22.3. The fourth-order valence-corrected chi connectivity index (χ4v) is 10.9. The number of alkyl carbamates (subject to hydrolysis) is 1. The van der Waals surface area contributed by atoms with Crippen molar-refractivity contribution in [2.75, 3.05) is 25.0 Å². The van der Waals surface area contributed by atoms with Crippen molar-refractivity contribution in [2.24, 2.45) is 10.8 Å². The van der Waals surface area contributed by atoms with Crippen molar-refractivity contribution in [3.05, 3.63) is 81.7 Å². The molecule has 2 unspecified atom stereocenters. The quantitative estimate of drug-likeness (QED) is 0.298. The first-order valence-electron chi connectivity index (χ1n) is 16.1. The Morgan fingerprint density at radius 2 is 1.72 bits per heavy atom. The molecule has 3 heterocycles. The monoisotopic (exact) mass is 678 g/mol. The van der Waals surface area contributed by atoms with Crippen molar-refractivity contribution < 1.29 is 27.5 Å². The molecule has 3 aliphatic rings. The van der Waals surface area contributed by atoms with Gasteiger partial charge in [-0.15, -0.1) is 11.3 Å². The van der Waals surface area contributed by atoms with E-state index in [1.807, 2.05) is 18.2 Å². The Bertz CT molecular complexity index is 1790. The first-order valence-corrected chi connectivity index (χ1v) is 18.3. The minimum Gasteiger partial charge on any atom is -0.450 e. The number of hydrogen-bond donors (Lipinski definition) is 2. The van der Waals surface area contributed by atoms with Gasteiger partial charge in [-0.25, -0.2) is 13.2 Å². The smallest absolute Gasteiger partial charge is 0.414 e. The van der Waals surface area contributed by atoms with Gasteiger partial charge in [0.25, 0.3) is 11.8 Å². The van der Waals surface area contributed by atoms with Gasteiger partial charge in [0, 0.05) is 42.7 Å². The Hall–Kier alpha value is -3.58. The average Bonchev–Trinajstić information content (AvgIpc) is 3.49. The van der Waals surface area contributed by atoms with Crippen molar-refractivity contribution in [1.29, 1.82) is 0 Å². The van der Waals surface area contributed by atoms with Gasteiger partial charge in [0.05, 0.1) is 17.1 Å². The number of thiophene rings is 1. The van der Waals surface area contributed by atoms with Crippen molar-refractivity contribution >= 4 is 44.3 Å². The summed E-state index contributed by atoms with van der Waals surface area (Å²) in [5.74, 6) is -1.12. The Balaban J connectivity index is 1.21. The van der Waals surface area contributed by atoms with E-state index in [0.29, 0.717) is 31.1 Å². The number of imide groups is 1. The third-order valence-electron chi connectivity index (χ3n) is 9.42. The van der Waals surface area contributed by atoms with Crippen LogP contribution in [0.2, 0.25) is 0 Å². The number of sulfonamides is 1. The maximum atomic E-state index is 13.8. The number of fused-ring (bicyclic) bond motifs is 3. The van der Waals surface area contributed by atoms with Gasteiger partial charge < -0.3 is 10.1 Å². The van der Waals surface area contributed by atoms with Gasteiger partial charge in [0.1, 0.15) is 5.00 Å². The number of hydrogen-bond acceptors (Lipinski definition) is 8. The second kappa shape index (κ2) is 12.8. The Morgan fingerprint density at radius 3 is 2.43 bits per heavy atom. The summed E-state index contributed by atoms with van der Waals surface area (Å²) in [6.45, 7) is 10.9. The topological polar surface area (TPSA) is 125 Å². The van der Waals surface area contributed by atoms with Crippen LogP contribution in [0.3, 0.4) is 0 Å². The van der Waals surface area contributed by atoms with Gasteiger partial charge in [-0.05, 0) is 78.8 Å². The molecule has 1 aromatic heterocycles. The Morgan fingerprint density at radius 1 is 1.00 bits per heavy atom. The zero-order valence-electron chi connectivity index (χ0n) is 27.3. The minimum absolute atomic E-state index is 0.0376. The van der Waals surface area contributed by atoms with Gasteiger partial charge in [-0.2, -0.15) is 4.31 Å². The van der Waals surface area contributed by atoms with E-state index in [0.717, 1.165) is 36.2 Å². The van der Waals surface area contributed by atoms with Crippen molar-refractivity contribution in [3.63, 3.8) is 0 Å². The molecule has 250 valence electrons. The molecule has 3 amide bonds. The number of nitrogens with one attached hydrogen (secondary N) is 2. The van der Waals surface area contributed by atoms with Gasteiger partial charge in [0.2, 0.25) is 10.0 Å². The highest BCUT2D eigenvalue weighted by molar-refractivity contribution is 7.89. The predicted octanol–water partition coefficient (Wildman–Crippen LogP) is 6.03. The van der Waals surface area contributed by atoms with Crippen LogP contribution in [-0.4, -0.2) is 61.3 Å². The molecule has 2 fully saturated rings. The number of nitrogens with zero attached hydrogens (tertiary/aromatic N) is 2. The third-order valence-corrected chi connectivity index (χ3v) is 12.5. The Kier molecular flexibility index (Phi) is 9.07. The first kappa shape index (κ1) is 33.3. The molecular formula is C35H42N4O6S2. The zero-order chi connectivity index (χ0) is 33.6. The SMILES string of the molecule is CCOC(=O)NC(=O)c1c(NC(=O)c2ccc(S(=O)(=O)N3CC4(C)CC3CC(C)(C)C4)cc2)sc2c1CCN(Cc1ccccc1)C2. The highest BCUT2D eigenvalue weighted by Crippen LogP contribution is 2.53. The molecule has 1 saturated carbocycles. The maximum Gasteiger partial charge on any atom is 0.414 e. The summed E-state index contributed by atoms with van der Waals surface area (Å²) in [7, 11) is -3.74. The molecule has 47 heavy (non-hydrogen) atoms. The van der Waals surface area contributed by atoms with E-state index in [9.17, 15) is 22.8 Å². The zero-order valence-corrected chi connectivity index (χ0v) is 28.9. The van der Waals surface area contributed by atoms with Crippen LogP contribution in [0.25, 0.3) is 0 Å². The molecule has 3 aromatic rings. The van der Waals surface area contributed by atoms with E-state index in [4.69, 9.17) is 4.74 Å². The standard InChI is InChI=1S/C35H42N4O6S2/c1-5-45-33(42)37-31(41)29-27-15-16-38(19-23-9-7-6-8-10-23)20-28(27)46-32(29)36-30(40)24-11-13-26(14-12-24)47(43,44)39-22-35(4)18-25(39)17-34(2,3)21-35/h6-14,25H,5,15-22H2,1-4H3,(H,36,40)(H,37,41,42). The van der Waals surface area contributed by atoms with Crippen LogP contribution in [-0.2, 0) is 34.3 Å². The van der Waals surface area contributed by atoms with Crippen molar-refractivity contribution in [3.8, 4) is 0 Å². The minimum atomic E-state index is -3.74. The molecule has 0 spiro atoms. The van der Waals surface area contributed by atoms with Crippen LogP contribution in [0.1, 0.15) is 83.7 Å². The number of rotatable bonds is 8. The number of anilines is 1. The molecule has 10 nitrogen and oxygen atoms in total. The van der Waals surface area contributed by atoms with Crippen molar-refractivity contribution in [2.45, 2.75) is 77.4 Å². The number of carbonyl (C=O) groups excluding carboxylic acids is 3. The van der Waals surface area contributed by atoms with E-state index in [1.54, 1.807) is 11.2 Å². The predicted molar refractivity (Wildman–Crippen MR) is 181 cm³/mol. The summed E-state index contributed by atoms with van der Waals surface area (Å²) in [4.78, 5) is 42.4. The van der Waals surface area contributed by atoms with Crippen LogP contribution in [0.15, 0.2) is 59.5 Å². The van der Waals surface area contributed by atoms with Crippen LogP contribution < -0.4 is 10.6 Å². The van der Waals surface area contributed by atoms with E-state index in [-0.39, 0.29) is 39.5 Å². The molecule has 1 aliphatic carbocycles. The lowest BCUT2D eigenvalue weighted by molar-refractivity contribution is 0.0924. The molecule has 6 rings (SSSR count). The third kappa shape index (κ3) is 7.01. The molecule has 0 radical (unpaired) electrons. The summed E-state index contributed by atoms with van der Waals surface area (Å²) in [6.07, 6.45) is 2.38.